The molecule has 3 nitrogen and oxygen atoms in total. The summed E-state index contributed by atoms with van der Waals surface area (Å²) in [5.41, 5.74) is 1.28. The van der Waals surface area contributed by atoms with E-state index in [4.69, 9.17) is 9.84 Å². The highest BCUT2D eigenvalue weighted by atomic mass is 19.1. The Morgan fingerprint density at radius 3 is 2.32 bits per heavy atom. The lowest BCUT2D eigenvalue weighted by Gasteiger charge is -2.21. The molecule has 0 saturated carbocycles. The highest BCUT2D eigenvalue weighted by Crippen LogP contribution is 2.11. The molecule has 4 heteroatoms. The molecule has 0 aliphatic rings. The Labute approximate surface area is 131 Å². The van der Waals surface area contributed by atoms with Gasteiger partial charge in [-0.3, -0.25) is 4.90 Å². The molecule has 0 heterocycles. The monoisotopic (exact) mass is 303 g/mol. The first-order valence-electron chi connectivity index (χ1n) is 7.53. The summed E-state index contributed by atoms with van der Waals surface area (Å²) in [6, 6.07) is 16.3. The van der Waals surface area contributed by atoms with Crippen LogP contribution in [0.25, 0.3) is 0 Å². The molecule has 1 N–H and O–H groups in total. The third-order valence-electron chi connectivity index (χ3n) is 3.47. The van der Waals surface area contributed by atoms with Gasteiger partial charge in [-0.15, -0.1) is 0 Å². The second kappa shape index (κ2) is 9.18. The standard InChI is InChI=1S/C18H22FNO2/c19-17-6-8-18(9-7-17)22-15-13-20(12-14-21)11-10-16-4-2-1-3-5-16/h1-9,21H,10-15H2. The van der Waals surface area contributed by atoms with Crippen LogP contribution in [0, 0.1) is 5.82 Å². The van der Waals surface area contributed by atoms with Crippen LogP contribution in [-0.4, -0.2) is 42.9 Å². The zero-order valence-corrected chi connectivity index (χ0v) is 12.6. The summed E-state index contributed by atoms with van der Waals surface area (Å²) in [6.45, 7) is 2.87. The quantitative estimate of drug-likeness (QED) is 0.773. The Hall–Kier alpha value is -1.91. The van der Waals surface area contributed by atoms with Gasteiger partial charge in [-0.1, -0.05) is 30.3 Å². The van der Waals surface area contributed by atoms with Crippen LogP contribution in [-0.2, 0) is 6.42 Å². The van der Waals surface area contributed by atoms with E-state index in [9.17, 15) is 4.39 Å². The van der Waals surface area contributed by atoms with Gasteiger partial charge in [-0.05, 0) is 36.2 Å². The Morgan fingerprint density at radius 2 is 1.64 bits per heavy atom. The molecule has 2 rings (SSSR count). The van der Waals surface area contributed by atoms with Gasteiger partial charge >= 0.3 is 0 Å². The fourth-order valence-electron chi connectivity index (χ4n) is 2.23. The third kappa shape index (κ3) is 5.84. The molecule has 0 aliphatic carbocycles. The van der Waals surface area contributed by atoms with Crippen molar-refractivity contribution in [2.24, 2.45) is 0 Å². The van der Waals surface area contributed by atoms with Gasteiger partial charge in [0.15, 0.2) is 0 Å². The van der Waals surface area contributed by atoms with Gasteiger partial charge in [0.2, 0.25) is 0 Å². The fourth-order valence-corrected chi connectivity index (χ4v) is 2.23. The first-order valence-corrected chi connectivity index (χ1v) is 7.53. The molecule has 0 aromatic heterocycles. The number of aliphatic hydroxyl groups is 1. The predicted molar refractivity (Wildman–Crippen MR) is 85.6 cm³/mol. The van der Waals surface area contributed by atoms with E-state index in [0.29, 0.717) is 18.9 Å². The van der Waals surface area contributed by atoms with Gasteiger partial charge in [0.25, 0.3) is 0 Å². The average molecular weight is 303 g/mol. The van der Waals surface area contributed by atoms with Crippen LogP contribution < -0.4 is 4.74 Å². The van der Waals surface area contributed by atoms with E-state index >= 15 is 0 Å². The molecule has 0 spiro atoms. The molecule has 0 fully saturated rings. The van der Waals surface area contributed by atoms with Crippen molar-refractivity contribution < 1.29 is 14.2 Å². The van der Waals surface area contributed by atoms with E-state index in [1.165, 1.54) is 17.7 Å². The summed E-state index contributed by atoms with van der Waals surface area (Å²) in [4.78, 5) is 2.16. The molecule has 0 atom stereocenters. The van der Waals surface area contributed by atoms with Gasteiger partial charge in [-0.25, -0.2) is 4.39 Å². The number of aliphatic hydroxyl groups excluding tert-OH is 1. The number of rotatable bonds is 9. The normalized spacial score (nSPS) is 10.9. The van der Waals surface area contributed by atoms with E-state index in [1.54, 1.807) is 12.1 Å². The van der Waals surface area contributed by atoms with Gasteiger partial charge < -0.3 is 9.84 Å². The van der Waals surface area contributed by atoms with Crippen LogP contribution in [0.1, 0.15) is 5.56 Å². The van der Waals surface area contributed by atoms with Crippen molar-refractivity contribution >= 4 is 0 Å². The lowest BCUT2D eigenvalue weighted by Crippen LogP contribution is -2.33. The minimum atomic E-state index is -0.267. The van der Waals surface area contributed by atoms with Crippen LogP contribution in [0.15, 0.2) is 54.6 Å². The molecule has 0 bridgehead atoms. The highest BCUT2D eigenvalue weighted by Gasteiger charge is 2.05. The Bertz CT molecular complexity index is 531. The van der Waals surface area contributed by atoms with Crippen molar-refractivity contribution in [3.63, 3.8) is 0 Å². The highest BCUT2D eigenvalue weighted by molar-refractivity contribution is 5.22. The van der Waals surface area contributed by atoms with Crippen molar-refractivity contribution in [1.82, 2.24) is 4.90 Å². The summed E-state index contributed by atoms with van der Waals surface area (Å²) in [6.07, 6.45) is 0.942. The van der Waals surface area contributed by atoms with E-state index in [0.717, 1.165) is 19.5 Å². The van der Waals surface area contributed by atoms with Crippen molar-refractivity contribution in [1.29, 1.82) is 0 Å². The number of hydrogen-bond donors (Lipinski definition) is 1. The van der Waals surface area contributed by atoms with Crippen molar-refractivity contribution in [2.45, 2.75) is 6.42 Å². The van der Waals surface area contributed by atoms with E-state index < -0.39 is 0 Å². The van der Waals surface area contributed by atoms with Gasteiger partial charge in [0.05, 0.1) is 6.61 Å². The molecule has 0 radical (unpaired) electrons. The Morgan fingerprint density at radius 1 is 0.909 bits per heavy atom. The van der Waals surface area contributed by atoms with E-state index in [-0.39, 0.29) is 12.4 Å². The SMILES string of the molecule is OCCN(CCOc1ccc(F)cc1)CCc1ccccc1. The zero-order chi connectivity index (χ0) is 15.6. The smallest absolute Gasteiger partial charge is 0.123 e. The van der Waals surface area contributed by atoms with Crippen molar-refractivity contribution in [3.05, 3.63) is 66.0 Å². The predicted octanol–water partition coefficient (Wildman–Crippen LogP) is 2.74. The van der Waals surface area contributed by atoms with Crippen LogP contribution in [0.4, 0.5) is 4.39 Å². The lowest BCUT2D eigenvalue weighted by atomic mass is 10.1. The minimum absolute atomic E-state index is 0.130. The van der Waals surface area contributed by atoms with Gasteiger partial charge in [0.1, 0.15) is 18.2 Å². The fraction of sp³-hybridized carbons (Fsp3) is 0.333. The van der Waals surface area contributed by atoms with Crippen LogP contribution in [0.5, 0.6) is 5.75 Å². The number of halogens is 1. The molecule has 22 heavy (non-hydrogen) atoms. The van der Waals surface area contributed by atoms with Gasteiger partial charge in [0, 0.05) is 19.6 Å². The molecule has 118 valence electrons. The van der Waals surface area contributed by atoms with Crippen LogP contribution >= 0.6 is 0 Å². The maximum atomic E-state index is 12.8. The molecular weight excluding hydrogens is 281 g/mol. The summed E-state index contributed by atoms with van der Waals surface area (Å²) in [5.74, 6) is 0.394. The number of nitrogens with zero attached hydrogens (tertiary/aromatic N) is 1. The molecule has 0 unspecified atom stereocenters. The van der Waals surface area contributed by atoms with E-state index in [1.807, 2.05) is 18.2 Å². The molecular formula is C18H22FNO2. The summed E-state index contributed by atoms with van der Waals surface area (Å²) >= 11 is 0. The summed E-state index contributed by atoms with van der Waals surface area (Å²) < 4.78 is 18.4. The molecule has 0 amide bonds. The topological polar surface area (TPSA) is 32.7 Å². The lowest BCUT2D eigenvalue weighted by molar-refractivity contribution is 0.169. The number of ether oxygens (including phenoxy) is 1. The summed E-state index contributed by atoms with van der Waals surface area (Å²) in [7, 11) is 0. The zero-order valence-electron chi connectivity index (χ0n) is 12.6. The van der Waals surface area contributed by atoms with Gasteiger partial charge in [-0.2, -0.15) is 0 Å². The Balaban J connectivity index is 1.75. The minimum Gasteiger partial charge on any atom is -0.492 e. The molecule has 0 aliphatic heterocycles. The molecule has 0 saturated heterocycles. The molecule has 2 aromatic rings. The second-order valence-corrected chi connectivity index (χ2v) is 5.10. The van der Waals surface area contributed by atoms with E-state index in [2.05, 4.69) is 17.0 Å². The first kappa shape index (κ1) is 16.5. The van der Waals surface area contributed by atoms with Crippen molar-refractivity contribution in [2.75, 3.05) is 32.8 Å². The maximum absolute atomic E-state index is 12.8. The number of hydrogen-bond acceptors (Lipinski definition) is 3. The maximum Gasteiger partial charge on any atom is 0.123 e. The molecule has 2 aromatic carbocycles. The largest absolute Gasteiger partial charge is 0.492 e. The number of benzene rings is 2. The van der Waals surface area contributed by atoms with Crippen molar-refractivity contribution in [3.8, 4) is 5.75 Å². The second-order valence-electron chi connectivity index (χ2n) is 5.10. The van der Waals surface area contributed by atoms with Crippen LogP contribution in [0.3, 0.4) is 0 Å². The Kier molecular flexibility index (Phi) is 6.87. The van der Waals surface area contributed by atoms with Crippen LogP contribution in [0.2, 0.25) is 0 Å². The third-order valence-corrected chi connectivity index (χ3v) is 3.47. The summed E-state index contributed by atoms with van der Waals surface area (Å²) in [5, 5.41) is 9.16. The first-order chi connectivity index (χ1) is 10.8. The average Bonchev–Trinajstić information content (AvgIpc) is 2.55.